The Kier molecular flexibility index (Phi) is 13.8. The Bertz CT molecular complexity index is 8.66. The molecule has 1 nitrogen and oxygen atoms in total. The van der Waals surface area contributed by atoms with Crippen molar-refractivity contribution in [3.8, 4) is 0 Å². The first kappa shape index (κ1) is 9.35. The fraction of sp³-hybridized carbons (Fsp3) is 1.00. The Labute approximate surface area is 40.3 Å². The topological polar surface area (TPSA) is 12.5 Å². The number of hydrogen-bond acceptors (Lipinski definition) is 1. The van der Waals surface area contributed by atoms with Crippen molar-refractivity contribution >= 4 is 0 Å². The van der Waals surface area contributed by atoms with E-state index in [4.69, 9.17) is 0 Å². The number of rotatable bonds is 0. The summed E-state index contributed by atoms with van der Waals surface area (Å²) in [6.07, 6.45) is 0. The van der Waals surface area contributed by atoms with Gasteiger partial charge in [0.1, 0.15) is 0 Å². The Balaban J connectivity index is 0. The summed E-state index contributed by atoms with van der Waals surface area (Å²) in [6, 6.07) is 0. The fourth-order valence-electron chi connectivity index (χ4n) is 0. The van der Waals surface area contributed by atoms with Crippen LogP contribution in [0.2, 0.25) is 0 Å². The van der Waals surface area contributed by atoms with Gasteiger partial charge in [-0.25, -0.2) is 0 Å². The molecule has 0 aromatic rings. The molecule has 0 bridgehead atoms. The van der Waals surface area contributed by atoms with Gasteiger partial charge < -0.3 is 4.74 Å². The van der Waals surface area contributed by atoms with E-state index in [1.807, 2.05) is 13.8 Å². The van der Waals surface area contributed by atoms with E-state index in [9.17, 15) is 0 Å². The molecule has 0 atom stereocenters. The summed E-state index contributed by atoms with van der Waals surface area (Å²) in [5.74, 6) is 0. The van der Waals surface area contributed by atoms with Crippen LogP contribution < -0.4 is 0 Å². The molecular weight excluding hydrogens is 76.1 g/mol. The molecule has 0 aliphatic carbocycles. The Morgan fingerprint density at radius 1 is 1.17 bits per heavy atom. The molecule has 0 aromatic heterocycles. The summed E-state index contributed by atoms with van der Waals surface area (Å²) in [6.45, 7) is 6.00. The minimum absolute atomic E-state index is 0. The second-order valence-electron chi connectivity index (χ2n) is 0.612. The van der Waals surface area contributed by atoms with E-state index < -0.39 is 0 Å². The third-order valence-electron chi connectivity index (χ3n) is 0.204. The van der Waals surface area contributed by atoms with Crippen molar-refractivity contribution in [2.75, 3.05) is 13.2 Å². The molecule has 1 rings (SSSR count). The molecule has 0 N–H and O–H groups in total. The van der Waals surface area contributed by atoms with Crippen LogP contribution in [0.5, 0.6) is 0 Å². The average Bonchev–Trinajstić information content (AvgIpc) is 2.19. The molecular formula is C5H14O. The molecule has 40 valence electrons. The largest absolute Gasteiger partial charge is 0.377 e. The first-order valence-corrected chi connectivity index (χ1v) is 2.08. The minimum Gasteiger partial charge on any atom is -0.377 e. The van der Waals surface area contributed by atoms with Crippen molar-refractivity contribution in [1.82, 2.24) is 0 Å². The first-order chi connectivity index (χ1) is 2.50. The lowest BCUT2D eigenvalue weighted by Crippen LogP contribution is -1.20. The lowest BCUT2D eigenvalue weighted by Gasteiger charge is -1.24. The Morgan fingerprint density at radius 3 is 1.33 bits per heavy atom. The highest BCUT2D eigenvalue weighted by Crippen LogP contribution is 1.84. The number of hydrogen-bond donors (Lipinski definition) is 0. The highest BCUT2D eigenvalue weighted by atomic mass is 16.6. The van der Waals surface area contributed by atoms with E-state index in [2.05, 4.69) is 4.74 Å². The molecule has 1 aliphatic heterocycles. The van der Waals surface area contributed by atoms with Gasteiger partial charge in [-0.1, -0.05) is 21.3 Å². The maximum absolute atomic E-state index is 4.50. The van der Waals surface area contributed by atoms with Crippen LogP contribution in [0.3, 0.4) is 0 Å². The summed E-state index contributed by atoms with van der Waals surface area (Å²) >= 11 is 0. The van der Waals surface area contributed by atoms with Crippen LogP contribution in [0.4, 0.5) is 0 Å². The van der Waals surface area contributed by atoms with Gasteiger partial charge in [-0.3, -0.25) is 0 Å². The quantitative estimate of drug-likeness (QED) is 0.412. The lowest BCUT2D eigenvalue weighted by molar-refractivity contribution is 0.475. The van der Waals surface area contributed by atoms with E-state index in [0.717, 1.165) is 13.2 Å². The van der Waals surface area contributed by atoms with E-state index >= 15 is 0 Å². The van der Waals surface area contributed by atoms with Crippen molar-refractivity contribution < 1.29 is 4.74 Å². The molecule has 0 aromatic carbocycles. The Morgan fingerprint density at radius 2 is 1.33 bits per heavy atom. The summed E-state index contributed by atoms with van der Waals surface area (Å²) in [7, 11) is 0. The molecule has 1 heteroatoms. The van der Waals surface area contributed by atoms with E-state index in [-0.39, 0.29) is 7.43 Å². The molecule has 1 aliphatic rings. The monoisotopic (exact) mass is 90.1 g/mol. The summed E-state index contributed by atoms with van der Waals surface area (Å²) in [5, 5.41) is 0. The van der Waals surface area contributed by atoms with E-state index in [1.54, 1.807) is 0 Å². The number of epoxide rings is 1. The molecule has 0 spiro atoms. The van der Waals surface area contributed by atoms with Crippen LogP contribution in [0.15, 0.2) is 0 Å². The SMILES string of the molecule is C.C1CO1.CC. The van der Waals surface area contributed by atoms with Crippen molar-refractivity contribution in [3.05, 3.63) is 0 Å². The molecule has 1 heterocycles. The van der Waals surface area contributed by atoms with Gasteiger partial charge in [-0.05, 0) is 0 Å². The summed E-state index contributed by atoms with van der Waals surface area (Å²) in [4.78, 5) is 0. The number of ether oxygens (including phenoxy) is 1. The maximum atomic E-state index is 4.50. The van der Waals surface area contributed by atoms with E-state index in [1.165, 1.54) is 0 Å². The standard InChI is InChI=1S/C2H4O.C2H6.CH4/c1-2-3-1;1-2;/h1-2H2;1-2H3;1H4. The molecule has 0 amide bonds. The van der Waals surface area contributed by atoms with Crippen LogP contribution in [-0.2, 0) is 4.74 Å². The van der Waals surface area contributed by atoms with Gasteiger partial charge in [0.15, 0.2) is 0 Å². The van der Waals surface area contributed by atoms with Crippen LogP contribution in [0, 0.1) is 0 Å². The van der Waals surface area contributed by atoms with Gasteiger partial charge in [0.05, 0.1) is 13.2 Å². The zero-order chi connectivity index (χ0) is 4.12. The zero-order valence-electron chi connectivity index (χ0n) is 3.82. The van der Waals surface area contributed by atoms with Gasteiger partial charge in [0, 0.05) is 0 Å². The van der Waals surface area contributed by atoms with Gasteiger partial charge in [0.2, 0.25) is 0 Å². The summed E-state index contributed by atoms with van der Waals surface area (Å²) in [5.41, 5.74) is 0. The first-order valence-electron chi connectivity index (χ1n) is 2.08. The van der Waals surface area contributed by atoms with Crippen molar-refractivity contribution in [1.29, 1.82) is 0 Å². The minimum atomic E-state index is 0. The molecule has 0 saturated carbocycles. The molecule has 1 saturated heterocycles. The van der Waals surface area contributed by atoms with Crippen LogP contribution in [-0.4, -0.2) is 13.2 Å². The second kappa shape index (κ2) is 8.88. The average molecular weight is 90.2 g/mol. The predicted molar refractivity (Wildman–Crippen MR) is 28.9 cm³/mol. The fourth-order valence-corrected chi connectivity index (χ4v) is 0. The van der Waals surface area contributed by atoms with Gasteiger partial charge in [-0.15, -0.1) is 0 Å². The predicted octanol–water partition coefficient (Wildman–Crippen LogP) is 1.68. The third kappa shape index (κ3) is 37.6. The van der Waals surface area contributed by atoms with Crippen LogP contribution >= 0.6 is 0 Å². The lowest BCUT2D eigenvalue weighted by atomic mass is 11.0. The van der Waals surface area contributed by atoms with Crippen molar-refractivity contribution in [3.63, 3.8) is 0 Å². The van der Waals surface area contributed by atoms with Crippen LogP contribution in [0.1, 0.15) is 21.3 Å². The molecule has 0 radical (unpaired) electrons. The molecule has 6 heavy (non-hydrogen) atoms. The van der Waals surface area contributed by atoms with Crippen molar-refractivity contribution in [2.45, 2.75) is 21.3 Å². The zero-order valence-corrected chi connectivity index (χ0v) is 3.82. The highest BCUT2D eigenvalue weighted by Gasteiger charge is 1.94. The van der Waals surface area contributed by atoms with Gasteiger partial charge in [0.25, 0.3) is 0 Å². The van der Waals surface area contributed by atoms with Gasteiger partial charge in [-0.2, -0.15) is 0 Å². The second-order valence-corrected chi connectivity index (χ2v) is 0.612. The molecule has 0 unspecified atom stereocenters. The normalized spacial score (nSPS) is 13.0. The third-order valence-corrected chi connectivity index (χ3v) is 0.204. The maximum Gasteiger partial charge on any atom is 0.0701 e. The van der Waals surface area contributed by atoms with Crippen LogP contribution in [0.25, 0.3) is 0 Å². The van der Waals surface area contributed by atoms with Gasteiger partial charge >= 0.3 is 0 Å². The van der Waals surface area contributed by atoms with E-state index in [0.29, 0.717) is 0 Å². The van der Waals surface area contributed by atoms with Crippen molar-refractivity contribution in [2.24, 2.45) is 0 Å². The molecule has 1 fully saturated rings. The Hall–Kier alpha value is -0.0400. The highest BCUT2D eigenvalue weighted by molar-refractivity contribution is 4.36. The summed E-state index contributed by atoms with van der Waals surface area (Å²) < 4.78 is 4.50. The smallest absolute Gasteiger partial charge is 0.0701 e.